The Morgan fingerprint density at radius 2 is 2.23 bits per heavy atom. The van der Waals surface area contributed by atoms with Crippen LogP contribution in [0.3, 0.4) is 0 Å². The van der Waals surface area contributed by atoms with Gasteiger partial charge >= 0.3 is 0 Å². The molecule has 0 aliphatic carbocycles. The highest BCUT2D eigenvalue weighted by molar-refractivity contribution is 7.17. The zero-order valence-electron chi connectivity index (χ0n) is 16.9. The summed E-state index contributed by atoms with van der Waals surface area (Å²) in [6.07, 6.45) is 7.09. The first-order chi connectivity index (χ1) is 14.6. The van der Waals surface area contributed by atoms with Crippen molar-refractivity contribution in [2.45, 2.75) is 31.9 Å². The number of nitrogens with zero attached hydrogens (tertiary/aromatic N) is 5. The summed E-state index contributed by atoms with van der Waals surface area (Å²) in [4.78, 5) is 30.4. The van der Waals surface area contributed by atoms with Gasteiger partial charge < -0.3 is 15.5 Å². The number of anilines is 1. The topological polar surface area (TPSA) is 87.7 Å². The molecule has 2 aromatic heterocycles. The number of pyridine rings is 1. The number of halogens is 1. The van der Waals surface area contributed by atoms with Crippen LogP contribution in [0.5, 0.6) is 0 Å². The first-order valence-electron chi connectivity index (χ1n) is 10.1. The number of hydrogen-bond acceptors (Lipinski definition) is 7. The van der Waals surface area contributed by atoms with Crippen LogP contribution in [0.2, 0.25) is 0 Å². The van der Waals surface area contributed by atoms with E-state index >= 15 is 0 Å². The number of allylic oxidation sites excluding steroid dienone is 1. The molecule has 0 saturated carbocycles. The molecule has 7 nitrogen and oxygen atoms in total. The van der Waals surface area contributed by atoms with Gasteiger partial charge in [0.15, 0.2) is 0 Å². The number of alkyl halides is 1. The number of aliphatic imine (C=N–C) groups is 1. The third-order valence-corrected chi connectivity index (χ3v) is 6.52. The van der Waals surface area contributed by atoms with Gasteiger partial charge in [0.1, 0.15) is 21.9 Å². The average Bonchev–Trinajstić information content (AvgIpc) is 3.08. The van der Waals surface area contributed by atoms with Gasteiger partial charge in [0.05, 0.1) is 17.9 Å². The Bertz CT molecular complexity index is 970. The van der Waals surface area contributed by atoms with Gasteiger partial charge in [-0.3, -0.25) is 9.79 Å². The van der Waals surface area contributed by atoms with E-state index in [9.17, 15) is 9.18 Å². The first-order valence-corrected chi connectivity index (χ1v) is 10.9. The van der Waals surface area contributed by atoms with Crippen molar-refractivity contribution in [1.29, 1.82) is 0 Å². The Kier molecular flexibility index (Phi) is 6.08. The summed E-state index contributed by atoms with van der Waals surface area (Å²) in [5, 5.41) is 0.760. The van der Waals surface area contributed by atoms with E-state index in [-0.39, 0.29) is 5.91 Å². The molecular weight excluding hydrogens is 403 g/mol. The van der Waals surface area contributed by atoms with Crippen molar-refractivity contribution in [3.8, 4) is 10.6 Å². The van der Waals surface area contributed by atoms with Crippen LogP contribution in [-0.2, 0) is 6.42 Å². The van der Waals surface area contributed by atoms with Crippen LogP contribution in [-0.4, -0.2) is 59.8 Å². The second kappa shape index (κ2) is 8.91. The van der Waals surface area contributed by atoms with Crippen LogP contribution in [0.25, 0.3) is 10.6 Å². The highest BCUT2D eigenvalue weighted by Gasteiger charge is 2.30. The average molecular weight is 429 g/mol. The molecule has 0 aromatic carbocycles. The Balaban J connectivity index is 1.55. The second-order valence-corrected chi connectivity index (χ2v) is 8.42. The zero-order valence-corrected chi connectivity index (χ0v) is 17.7. The molecule has 2 aliphatic heterocycles. The molecule has 4 heterocycles. The molecule has 2 aromatic rings. The number of nitrogens with two attached hydrogens (primary N) is 1. The van der Waals surface area contributed by atoms with Crippen LogP contribution in [0.1, 0.15) is 34.6 Å². The molecule has 4 rings (SSSR count). The monoisotopic (exact) mass is 428 g/mol. The standard InChI is InChI=1S/C21H25FN6OS/c1-24-12-16(10-23)28-9-7-17-19(21(28)29)30-20(26-17)14-5-6-18(25-11-14)27-8-3-2-4-15(22)13-27/h5-6,10-12,15H,2-4,7-9,13,23H2,1H3/b16-10+,24-12?. The molecule has 1 amide bonds. The molecule has 2 aliphatic rings. The highest BCUT2D eigenvalue weighted by atomic mass is 32.1. The number of carbonyl (C=O) groups excluding carboxylic acids is 1. The minimum absolute atomic E-state index is 0.111. The maximum atomic E-state index is 13.9. The second-order valence-electron chi connectivity index (χ2n) is 7.42. The normalized spacial score (nSPS) is 20.5. The van der Waals surface area contributed by atoms with Gasteiger partial charge in [-0.1, -0.05) is 0 Å². The Hall–Kier alpha value is -2.81. The fourth-order valence-electron chi connectivity index (χ4n) is 3.83. The SMILES string of the molecule is CN=C/C(=C\N)N1CCc2nc(-c3ccc(N4CCCCC(F)C4)nc3)sc2C1=O. The lowest BCUT2D eigenvalue weighted by molar-refractivity contribution is 0.0805. The maximum absolute atomic E-state index is 13.9. The number of rotatable bonds is 4. The molecule has 1 fully saturated rings. The van der Waals surface area contributed by atoms with Gasteiger partial charge in [-0.2, -0.15) is 0 Å². The van der Waals surface area contributed by atoms with E-state index in [4.69, 9.17) is 5.73 Å². The van der Waals surface area contributed by atoms with Crippen LogP contribution >= 0.6 is 11.3 Å². The summed E-state index contributed by atoms with van der Waals surface area (Å²) >= 11 is 1.36. The zero-order chi connectivity index (χ0) is 21.1. The van der Waals surface area contributed by atoms with Crippen LogP contribution in [0.15, 0.2) is 35.2 Å². The third-order valence-electron chi connectivity index (χ3n) is 5.39. The lowest BCUT2D eigenvalue weighted by atomic mass is 10.1. The van der Waals surface area contributed by atoms with Crippen molar-refractivity contribution in [1.82, 2.24) is 14.9 Å². The molecule has 2 N–H and O–H groups in total. The molecule has 9 heteroatoms. The minimum atomic E-state index is -0.807. The lowest BCUT2D eigenvalue weighted by Gasteiger charge is -2.26. The van der Waals surface area contributed by atoms with Crippen molar-refractivity contribution >= 4 is 29.3 Å². The van der Waals surface area contributed by atoms with E-state index in [1.165, 1.54) is 17.5 Å². The van der Waals surface area contributed by atoms with E-state index < -0.39 is 6.17 Å². The van der Waals surface area contributed by atoms with Crippen molar-refractivity contribution in [2.24, 2.45) is 10.7 Å². The van der Waals surface area contributed by atoms with Gasteiger partial charge in [-0.15, -0.1) is 11.3 Å². The largest absolute Gasteiger partial charge is 0.403 e. The molecule has 0 spiro atoms. The first kappa shape index (κ1) is 20.5. The maximum Gasteiger partial charge on any atom is 0.270 e. The Labute approximate surface area is 179 Å². The highest BCUT2D eigenvalue weighted by Crippen LogP contribution is 2.33. The third kappa shape index (κ3) is 4.07. The van der Waals surface area contributed by atoms with Gasteiger partial charge in [-0.05, 0) is 31.4 Å². The molecule has 1 atom stereocenters. The molecule has 1 unspecified atom stereocenters. The molecular formula is C21H25FN6OS. The fourth-order valence-corrected chi connectivity index (χ4v) is 4.88. The summed E-state index contributed by atoms with van der Waals surface area (Å²) in [6.45, 7) is 1.72. The molecule has 1 saturated heterocycles. The number of amides is 1. The van der Waals surface area contributed by atoms with Gasteiger partial charge in [0, 0.05) is 50.7 Å². The van der Waals surface area contributed by atoms with Crippen LogP contribution in [0.4, 0.5) is 10.2 Å². The number of thiazole rings is 1. The van der Waals surface area contributed by atoms with Gasteiger partial charge in [0.25, 0.3) is 5.91 Å². The van der Waals surface area contributed by atoms with E-state index in [1.54, 1.807) is 24.4 Å². The molecule has 0 radical (unpaired) electrons. The van der Waals surface area contributed by atoms with Crippen molar-refractivity contribution in [3.05, 3.63) is 40.8 Å². The lowest BCUT2D eigenvalue weighted by Crippen LogP contribution is -2.37. The predicted molar refractivity (Wildman–Crippen MR) is 118 cm³/mol. The Morgan fingerprint density at radius 3 is 2.97 bits per heavy atom. The summed E-state index contributed by atoms with van der Waals surface area (Å²) in [6, 6.07) is 3.86. The van der Waals surface area contributed by atoms with Crippen molar-refractivity contribution < 1.29 is 9.18 Å². The Morgan fingerprint density at radius 1 is 1.37 bits per heavy atom. The number of aromatic nitrogens is 2. The van der Waals surface area contributed by atoms with E-state index in [0.717, 1.165) is 41.5 Å². The number of hydrogen-bond donors (Lipinski definition) is 1. The number of carbonyl (C=O) groups is 1. The van der Waals surface area contributed by atoms with Crippen LogP contribution in [0, 0.1) is 0 Å². The van der Waals surface area contributed by atoms with Gasteiger partial charge in [0.2, 0.25) is 0 Å². The van der Waals surface area contributed by atoms with Crippen molar-refractivity contribution in [2.75, 3.05) is 31.6 Å². The number of fused-ring (bicyclic) bond motifs is 1. The molecule has 158 valence electrons. The summed E-state index contributed by atoms with van der Waals surface area (Å²) < 4.78 is 13.9. The van der Waals surface area contributed by atoms with Gasteiger partial charge in [-0.25, -0.2) is 14.4 Å². The van der Waals surface area contributed by atoms with E-state index in [0.29, 0.717) is 36.5 Å². The minimum Gasteiger partial charge on any atom is -0.403 e. The van der Waals surface area contributed by atoms with Crippen molar-refractivity contribution in [3.63, 3.8) is 0 Å². The predicted octanol–water partition coefficient (Wildman–Crippen LogP) is 3.03. The van der Waals surface area contributed by atoms with Crippen LogP contribution < -0.4 is 10.6 Å². The van der Waals surface area contributed by atoms with E-state index in [1.807, 2.05) is 17.0 Å². The quantitative estimate of drug-likeness (QED) is 0.757. The smallest absolute Gasteiger partial charge is 0.270 e. The molecule has 30 heavy (non-hydrogen) atoms. The summed E-state index contributed by atoms with van der Waals surface area (Å²) in [5.74, 6) is 0.670. The summed E-state index contributed by atoms with van der Waals surface area (Å²) in [7, 11) is 1.64. The van der Waals surface area contributed by atoms with E-state index in [2.05, 4.69) is 15.0 Å². The fraction of sp³-hybridized carbons (Fsp3) is 0.429. The molecule has 0 bridgehead atoms. The summed E-state index contributed by atoms with van der Waals surface area (Å²) in [5.41, 5.74) is 7.91.